The highest BCUT2D eigenvalue weighted by Gasteiger charge is 2.49. The summed E-state index contributed by atoms with van der Waals surface area (Å²) in [6.45, 7) is 7.34. The number of nitrogens with zero attached hydrogens (tertiary/aromatic N) is 1. The predicted octanol–water partition coefficient (Wildman–Crippen LogP) is 7.60. The molecule has 1 aliphatic rings. The van der Waals surface area contributed by atoms with E-state index < -0.39 is 33.4 Å². The molecule has 3 aromatic rings. The molecular weight excluding hydrogens is 610 g/mol. The molecule has 4 rings (SSSR count). The van der Waals surface area contributed by atoms with Gasteiger partial charge in [-0.15, -0.1) is 0 Å². The van der Waals surface area contributed by atoms with Crippen LogP contribution in [0.25, 0.3) is 0 Å². The Kier molecular flexibility index (Phi) is 9.20. The van der Waals surface area contributed by atoms with Gasteiger partial charge in [0.25, 0.3) is 0 Å². The lowest BCUT2D eigenvalue weighted by Crippen LogP contribution is -2.45. The molecule has 0 aliphatic carbocycles. The number of hydrogen-bond acceptors (Lipinski definition) is 4. The van der Waals surface area contributed by atoms with Crippen LogP contribution in [0.15, 0.2) is 99.9 Å². The number of Topliss-reactive ketones (excluding diaryl/α,β-unsaturated/α-hetero) is 2. The van der Waals surface area contributed by atoms with Crippen LogP contribution in [0, 0.1) is 11.3 Å². The van der Waals surface area contributed by atoms with Crippen molar-refractivity contribution in [2.24, 2.45) is 11.3 Å². The summed E-state index contributed by atoms with van der Waals surface area (Å²) >= 11 is 9.86. The average Bonchev–Trinajstić information content (AvgIpc) is 3.32. The number of benzene rings is 3. The van der Waals surface area contributed by atoms with Crippen molar-refractivity contribution in [1.29, 1.82) is 0 Å². The van der Waals surface area contributed by atoms with E-state index in [1.807, 2.05) is 75.4 Å². The van der Waals surface area contributed by atoms with E-state index in [0.717, 1.165) is 10.0 Å². The molecule has 0 amide bonds. The Bertz CT molecular complexity index is 1530. The van der Waals surface area contributed by atoms with E-state index >= 15 is 0 Å². The second-order valence-corrected chi connectivity index (χ2v) is 14.4. The lowest BCUT2D eigenvalue weighted by atomic mass is 9.85. The van der Waals surface area contributed by atoms with Gasteiger partial charge in [-0.3, -0.25) is 9.59 Å². The normalized spacial score (nSPS) is 18.8. The van der Waals surface area contributed by atoms with Gasteiger partial charge in [0.15, 0.2) is 5.78 Å². The molecule has 0 N–H and O–H groups in total. The minimum absolute atomic E-state index is 0.0131. The molecule has 210 valence electrons. The van der Waals surface area contributed by atoms with Crippen LogP contribution < -0.4 is 0 Å². The number of sulfonamides is 1. The largest absolute Gasteiger partial charge is 0.300 e. The van der Waals surface area contributed by atoms with E-state index in [0.29, 0.717) is 17.6 Å². The van der Waals surface area contributed by atoms with Crippen LogP contribution in [0.1, 0.15) is 51.3 Å². The SMILES string of the molecule is CC(=O)[C@@H](CC(=O)C1=C[C@@H](C(C)(C)C)N(S(=O)(=O)c2ccccc2Cl)C1c1ccc(Br)cc1)Cc1ccccc1. The van der Waals surface area contributed by atoms with Crippen LogP contribution in [0.4, 0.5) is 0 Å². The second-order valence-electron chi connectivity index (χ2n) is 11.3. The highest BCUT2D eigenvalue weighted by atomic mass is 79.9. The zero-order valence-corrected chi connectivity index (χ0v) is 26.1. The molecule has 0 spiro atoms. The molecular formula is C32H33BrClNO4S. The number of carbonyl (C=O) groups excluding carboxylic acids is 2. The molecule has 8 heteroatoms. The second kappa shape index (κ2) is 12.1. The van der Waals surface area contributed by atoms with Gasteiger partial charge in [-0.2, -0.15) is 4.31 Å². The molecule has 0 saturated carbocycles. The van der Waals surface area contributed by atoms with E-state index in [1.165, 1.54) is 17.3 Å². The third-order valence-electron chi connectivity index (χ3n) is 7.28. The summed E-state index contributed by atoms with van der Waals surface area (Å²) in [5, 5.41) is 0.115. The van der Waals surface area contributed by atoms with Gasteiger partial charge >= 0.3 is 0 Å². The Balaban J connectivity index is 1.82. The Morgan fingerprint density at radius 2 is 1.55 bits per heavy atom. The van der Waals surface area contributed by atoms with E-state index in [9.17, 15) is 18.0 Å². The smallest absolute Gasteiger partial charge is 0.245 e. The van der Waals surface area contributed by atoms with E-state index in [2.05, 4.69) is 15.9 Å². The number of carbonyl (C=O) groups is 2. The van der Waals surface area contributed by atoms with Crippen LogP contribution in [-0.4, -0.2) is 30.3 Å². The number of halogens is 2. The van der Waals surface area contributed by atoms with Crippen molar-refractivity contribution in [3.8, 4) is 0 Å². The molecule has 0 fully saturated rings. The van der Waals surface area contributed by atoms with Crippen molar-refractivity contribution < 1.29 is 18.0 Å². The van der Waals surface area contributed by atoms with E-state index in [1.54, 1.807) is 24.3 Å². The quantitative estimate of drug-likeness (QED) is 0.241. The zero-order chi connectivity index (χ0) is 29.2. The van der Waals surface area contributed by atoms with Gasteiger partial charge in [0.2, 0.25) is 10.0 Å². The molecule has 1 unspecified atom stereocenters. The summed E-state index contributed by atoms with van der Waals surface area (Å²) in [7, 11) is -4.15. The Labute approximate surface area is 250 Å². The molecule has 0 bridgehead atoms. The maximum atomic E-state index is 14.3. The van der Waals surface area contributed by atoms with Crippen molar-refractivity contribution in [1.82, 2.24) is 4.31 Å². The summed E-state index contributed by atoms with van der Waals surface area (Å²) in [5.74, 6) is -0.845. The zero-order valence-electron chi connectivity index (χ0n) is 23.0. The minimum atomic E-state index is -4.15. The number of hydrogen-bond donors (Lipinski definition) is 0. The first kappa shape index (κ1) is 30.4. The van der Waals surface area contributed by atoms with E-state index in [-0.39, 0.29) is 27.9 Å². The summed E-state index contributed by atoms with van der Waals surface area (Å²) in [4.78, 5) is 26.7. The Morgan fingerprint density at radius 1 is 0.950 bits per heavy atom. The topological polar surface area (TPSA) is 71.5 Å². The lowest BCUT2D eigenvalue weighted by Gasteiger charge is -2.37. The van der Waals surface area contributed by atoms with Crippen molar-refractivity contribution >= 4 is 49.1 Å². The predicted molar refractivity (Wildman–Crippen MR) is 163 cm³/mol. The first-order valence-electron chi connectivity index (χ1n) is 13.1. The van der Waals surface area contributed by atoms with Crippen LogP contribution >= 0.6 is 27.5 Å². The van der Waals surface area contributed by atoms with Gasteiger partial charge in [-0.05, 0) is 54.2 Å². The number of ketones is 2. The Hall–Kier alpha value is -2.58. The summed E-state index contributed by atoms with van der Waals surface area (Å²) in [6.07, 6.45) is 2.20. The standard InChI is InChI=1S/C32H33BrClNO4S/c1-21(36)24(18-22-10-6-5-7-11-22)19-28(37)26-20-30(32(2,3)4)35(31(26)23-14-16-25(33)17-15-23)40(38,39)29-13-9-8-12-27(29)34/h5-17,20,24,30-31H,18-19H2,1-4H3/t24-,30+,31?/m1/s1. The van der Waals surface area contributed by atoms with Crippen molar-refractivity contribution in [2.75, 3.05) is 0 Å². The van der Waals surface area contributed by atoms with Gasteiger partial charge in [0.1, 0.15) is 10.7 Å². The van der Waals surface area contributed by atoms with Crippen LogP contribution in [-0.2, 0) is 26.0 Å². The highest BCUT2D eigenvalue weighted by Crippen LogP contribution is 2.47. The fraction of sp³-hybridized carbons (Fsp3) is 0.312. The summed E-state index contributed by atoms with van der Waals surface area (Å²) in [6, 6.07) is 21.7. The fourth-order valence-corrected chi connectivity index (χ4v) is 7.81. The molecule has 0 aromatic heterocycles. The highest BCUT2D eigenvalue weighted by molar-refractivity contribution is 9.10. The molecule has 3 aromatic carbocycles. The maximum Gasteiger partial charge on any atom is 0.245 e. The van der Waals surface area contributed by atoms with Gasteiger partial charge in [0.05, 0.1) is 11.1 Å². The molecule has 40 heavy (non-hydrogen) atoms. The first-order chi connectivity index (χ1) is 18.8. The fourth-order valence-electron chi connectivity index (χ4n) is 5.14. The van der Waals surface area contributed by atoms with Gasteiger partial charge in [0, 0.05) is 28.4 Å². The van der Waals surface area contributed by atoms with Crippen LogP contribution in [0.3, 0.4) is 0 Å². The molecule has 1 aliphatic heterocycles. The lowest BCUT2D eigenvalue weighted by molar-refractivity contribution is -0.125. The number of rotatable bonds is 9. The van der Waals surface area contributed by atoms with Crippen LogP contribution in [0.5, 0.6) is 0 Å². The van der Waals surface area contributed by atoms with Crippen LogP contribution in [0.2, 0.25) is 5.02 Å². The first-order valence-corrected chi connectivity index (χ1v) is 15.7. The van der Waals surface area contributed by atoms with Crippen molar-refractivity contribution in [3.63, 3.8) is 0 Å². The monoisotopic (exact) mass is 641 g/mol. The van der Waals surface area contributed by atoms with Crippen molar-refractivity contribution in [2.45, 2.75) is 57.5 Å². The minimum Gasteiger partial charge on any atom is -0.300 e. The Morgan fingerprint density at radius 3 is 2.12 bits per heavy atom. The average molecular weight is 643 g/mol. The third kappa shape index (κ3) is 6.49. The summed E-state index contributed by atoms with van der Waals surface area (Å²) < 4.78 is 30.9. The van der Waals surface area contributed by atoms with Gasteiger partial charge in [-0.1, -0.05) is 109 Å². The van der Waals surface area contributed by atoms with Crippen molar-refractivity contribution in [3.05, 3.63) is 111 Å². The maximum absolute atomic E-state index is 14.3. The van der Waals surface area contributed by atoms with E-state index in [4.69, 9.17) is 11.6 Å². The third-order valence-corrected chi connectivity index (χ3v) is 10.2. The molecule has 1 heterocycles. The molecule has 0 radical (unpaired) electrons. The molecule has 5 nitrogen and oxygen atoms in total. The van der Waals surface area contributed by atoms with Gasteiger partial charge in [-0.25, -0.2) is 8.42 Å². The van der Waals surface area contributed by atoms with Gasteiger partial charge < -0.3 is 0 Å². The molecule has 0 saturated heterocycles. The summed E-state index contributed by atoms with van der Waals surface area (Å²) in [5.41, 5.74) is 1.45. The molecule has 3 atom stereocenters.